The fourth-order valence-electron chi connectivity index (χ4n) is 3.05. The molecular weight excluding hydrogens is 404 g/mol. The van der Waals surface area contributed by atoms with Crippen LogP contribution in [0, 0.1) is 25.2 Å². The van der Waals surface area contributed by atoms with E-state index in [2.05, 4.69) is 5.32 Å². The van der Waals surface area contributed by atoms with Crippen molar-refractivity contribution < 1.29 is 18.7 Å². The summed E-state index contributed by atoms with van der Waals surface area (Å²) in [7, 11) is 0. The lowest BCUT2D eigenvalue weighted by Gasteiger charge is -2.09. The number of furan rings is 1. The number of hydrogen-bond donors (Lipinski definition) is 1. The maximum atomic E-state index is 12.5. The minimum Gasteiger partial charge on any atom is -0.459 e. The number of nitrogens with one attached hydrogen (secondary N) is 1. The largest absolute Gasteiger partial charge is 0.459 e. The van der Waals surface area contributed by atoms with Crippen LogP contribution in [0.25, 0.3) is 17.4 Å². The molecule has 0 saturated carbocycles. The Morgan fingerprint density at radius 2 is 1.78 bits per heavy atom. The van der Waals surface area contributed by atoms with Gasteiger partial charge in [-0.05, 0) is 69.7 Å². The molecule has 6 heteroatoms. The topological polar surface area (TPSA) is 92.3 Å². The van der Waals surface area contributed by atoms with Crippen LogP contribution in [0.4, 0.5) is 5.69 Å². The van der Waals surface area contributed by atoms with Crippen molar-refractivity contribution in [3.63, 3.8) is 0 Å². The molecule has 0 fully saturated rings. The van der Waals surface area contributed by atoms with Crippen molar-refractivity contribution in [2.45, 2.75) is 33.8 Å². The number of amides is 1. The molecule has 2 aromatic carbocycles. The molecule has 0 aliphatic rings. The second-order valence-corrected chi connectivity index (χ2v) is 7.68. The van der Waals surface area contributed by atoms with Gasteiger partial charge in [0.15, 0.2) is 0 Å². The number of esters is 1. The number of nitrogens with zero attached hydrogens (tertiary/aromatic N) is 1. The second-order valence-electron chi connectivity index (χ2n) is 7.68. The van der Waals surface area contributed by atoms with Gasteiger partial charge in [-0.3, -0.25) is 4.79 Å². The first-order valence-electron chi connectivity index (χ1n) is 10.2. The lowest BCUT2D eigenvalue weighted by atomic mass is 10.0. The van der Waals surface area contributed by atoms with Crippen molar-refractivity contribution in [1.82, 2.24) is 0 Å². The number of anilines is 1. The van der Waals surface area contributed by atoms with E-state index < -0.39 is 5.91 Å². The van der Waals surface area contributed by atoms with Crippen LogP contribution in [0.1, 0.15) is 41.1 Å². The monoisotopic (exact) mass is 428 g/mol. The Hall–Kier alpha value is -4.11. The third-order valence-electron chi connectivity index (χ3n) is 4.66. The molecule has 0 unspecified atom stereocenters. The molecule has 0 radical (unpaired) electrons. The molecule has 0 bridgehead atoms. The first-order chi connectivity index (χ1) is 15.3. The summed E-state index contributed by atoms with van der Waals surface area (Å²) in [6.45, 7) is 7.42. The summed E-state index contributed by atoms with van der Waals surface area (Å²) in [6, 6.07) is 17.9. The van der Waals surface area contributed by atoms with Gasteiger partial charge in [-0.1, -0.05) is 23.8 Å². The molecule has 162 valence electrons. The standard InChI is InChI=1S/C26H24N2O4/c1-16(2)31-26(30)19-7-11-23(18(4)13-19)24-12-10-22(32-24)14-20(15-27)25(29)28-21-8-5-17(3)6-9-21/h5-14,16H,1-4H3,(H,28,29)/b20-14+. The number of benzene rings is 2. The molecule has 3 aromatic rings. The summed E-state index contributed by atoms with van der Waals surface area (Å²) in [6.07, 6.45) is 1.20. The molecule has 0 aliphatic carbocycles. The highest BCUT2D eigenvalue weighted by molar-refractivity contribution is 6.09. The fraction of sp³-hybridized carbons (Fsp3) is 0.192. The van der Waals surface area contributed by atoms with Crippen LogP contribution in [-0.2, 0) is 9.53 Å². The van der Waals surface area contributed by atoms with Crippen LogP contribution in [0.3, 0.4) is 0 Å². The Kier molecular flexibility index (Phi) is 6.91. The molecule has 1 aromatic heterocycles. The zero-order chi connectivity index (χ0) is 23.3. The van der Waals surface area contributed by atoms with Gasteiger partial charge in [-0.25, -0.2) is 4.79 Å². The molecule has 6 nitrogen and oxygen atoms in total. The summed E-state index contributed by atoms with van der Waals surface area (Å²) < 4.78 is 11.1. The summed E-state index contributed by atoms with van der Waals surface area (Å²) in [4.78, 5) is 24.6. The highest BCUT2D eigenvalue weighted by Gasteiger charge is 2.15. The third-order valence-corrected chi connectivity index (χ3v) is 4.66. The van der Waals surface area contributed by atoms with E-state index >= 15 is 0 Å². The van der Waals surface area contributed by atoms with E-state index in [0.29, 0.717) is 22.8 Å². The van der Waals surface area contributed by atoms with Crippen LogP contribution >= 0.6 is 0 Å². The molecule has 0 atom stereocenters. The molecule has 0 saturated heterocycles. The minimum absolute atomic E-state index is 0.0741. The first-order valence-corrected chi connectivity index (χ1v) is 10.2. The van der Waals surface area contributed by atoms with Crippen LogP contribution in [0.2, 0.25) is 0 Å². The molecule has 1 amide bonds. The predicted octanol–water partition coefficient (Wildman–Crippen LogP) is 5.67. The Bertz CT molecular complexity index is 1210. The van der Waals surface area contributed by atoms with Crippen LogP contribution < -0.4 is 5.32 Å². The number of rotatable bonds is 6. The van der Waals surface area contributed by atoms with Gasteiger partial charge in [0.25, 0.3) is 5.91 Å². The number of nitriles is 1. The Labute approximate surface area is 187 Å². The molecular formula is C26H24N2O4. The zero-order valence-electron chi connectivity index (χ0n) is 18.4. The van der Waals surface area contributed by atoms with E-state index in [4.69, 9.17) is 9.15 Å². The quantitative estimate of drug-likeness (QED) is 0.310. The highest BCUT2D eigenvalue weighted by Crippen LogP contribution is 2.27. The van der Waals surface area contributed by atoms with Crippen LogP contribution in [0.15, 0.2) is 64.6 Å². The van der Waals surface area contributed by atoms with Gasteiger partial charge in [-0.15, -0.1) is 0 Å². The molecule has 1 N–H and O–H groups in total. The van der Waals surface area contributed by atoms with Gasteiger partial charge < -0.3 is 14.5 Å². The van der Waals surface area contributed by atoms with E-state index in [1.54, 1.807) is 56.3 Å². The maximum Gasteiger partial charge on any atom is 0.338 e. The lowest BCUT2D eigenvalue weighted by molar-refractivity contribution is -0.112. The maximum absolute atomic E-state index is 12.5. The van der Waals surface area contributed by atoms with Gasteiger partial charge in [-0.2, -0.15) is 5.26 Å². The van der Waals surface area contributed by atoms with E-state index in [1.807, 2.05) is 32.0 Å². The highest BCUT2D eigenvalue weighted by atomic mass is 16.5. The lowest BCUT2D eigenvalue weighted by Crippen LogP contribution is -2.13. The summed E-state index contributed by atoms with van der Waals surface area (Å²) in [5, 5.41) is 12.1. The fourth-order valence-corrected chi connectivity index (χ4v) is 3.05. The molecule has 3 rings (SSSR count). The molecule has 32 heavy (non-hydrogen) atoms. The van der Waals surface area contributed by atoms with Gasteiger partial charge in [0.1, 0.15) is 23.2 Å². The number of aryl methyl sites for hydroxylation is 2. The van der Waals surface area contributed by atoms with Gasteiger partial charge in [0.2, 0.25) is 0 Å². The number of carbonyl (C=O) groups excluding carboxylic acids is 2. The minimum atomic E-state index is -0.515. The first kappa shape index (κ1) is 22.6. The summed E-state index contributed by atoms with van der Waals surface area (Å²) in [5.74, 6) is 0.0431. The van der Waals surface area contributed by atoms with Crippen molar-refractivity contribution in [1.29, 1.82) is 5.26 Å². The average molecular weight is 428 g/mol. The number of carbonyl (C=O) groups is 2. The van der Waals surface area contributed by atoms with Crippen molar-refractivity contribution in [3.05, 3.63) is 82.6 Å². The van der Waals surface area contributed by atoms with Crippen molar-refractivity contribution in [2.24, 2.45) is 0 Å². The number of hydrogen-bond acceptors (Lipinski definition) is 5. The van der Waals surface area contributed by atoms with Crippen molar-refractivity contribution >= 4 is 23.6 Å². The SMILES string of the molecule is Cc1ccc(NC(=O)/C(C#N)=C/c2ccc(-c3ccc(C(=O)OC(C)C)cc3C)o2)cc1. The Morgan fingerprint density at radius 1 is 1.06 bits per heavy atom. The molecule has 1 heterocycles. The summed E-state index contributed by atoms with van der Waals surface area (Å²) in [5.41, 5.74) is 3.70. The van der Waals surface area contributed by atoms with Gasteiger partial charge in [0.05, 0.1) is 11.7 Å². The van der Waals surface area contributed by atoms with Gasteiger partial charge in [0, 0.05) is 17.3 Å². The Morgan fingerprint density at radius 3 is 2.41 bits per heavy atom. The third kappa shape index (κ3) is 5.52. The zero-order valence-corrected chi connectivity index (χ0v) is 18.4. The van der Waals surface area contributed by atoms with E-state index in [-0.39, 0.29) is 17.6 Å². The second kappa shape index (κ2) is 9.80. The predicted molar refractivity (Wildman–Crippen MR) is 123 cm³/mol. The molecule has 0 spiro atoms. The average Bonchev–Trinajstić information content (AvgIpc) is 3.21. The Balaban J connectivity index is 1.78. The van der Waals surface area contributed by atoms with Crippen molar-refractivity contribution in [3.8, 4) is 17.4 Å². The smallest absolute Gasteiger partial charge is 0.338 e. The van der Waals surface area contributed by atoms with Crippen molar-refractivity contribution in [2.75, 3.05) is 5.32 Å². The van der Waals surface area contributed by atoms with Gasteiger partial charge >= 0.3 is 5.97 Å². The van der Waals surface area contributed by atoms with E-state index in [9.17, 15) is 14.9 Å². The van der Waals surface area contributed by atoms with Crippen LogP contribution in [-0.4, -0.2) is 18.0 Å². The normalized spacial score (nSPS) is 11.2. The molecule has 0 aliphatic heterocycles. The summed E-state index contributed by atoms with van der Waals surface area (Å²) >= 11 is 0. The van der Waals surface area contributed by atoms with E-state index in [0.717, 1.165) is 16.7 Å². The number of ether oxygens (including phenoxy) is 1. The van der Waals surface area contributed by atoms with Crippen LogP contribution in [0.5, 0.6) is 0 Å². The van der Waals surface area contributed by atoms with E-state index in [1.165, 1.54) is 6.08 Å².